The summed E-state index contributed by atoms with van der Waals surface area (Å²) in [6.07, 6.45) is 4.69. The normalized spacial score (nSPS) is 11.3. The summed E-state index contributed by atoms with van der Waals surface area (Å²) >= 11 is 0. The number of aromatic nitrogens is 1. The summed E-state index contributed by atoms with van der Waals surface area (Å²) in [6.45, 7) is 0. The van der Waals surface area contributed by atoms with Crippen molar-refractivity contribution in [2.24, 2.45) is 7.05 Å². The number of aryl methyl sites for hydroxylation is 1. The number of carboxylic acid groups (broad SMARTS) is 1. The van der Waals surface area contributed by atoms with Gasteiger partial charge in [0.2, 0.25) is 0 Å². The zero-order chi connectivity index (χ0) is 10.8. The molecule has 1 heterocycles. The third kappa shape index (κ3) is 1.76. The van der Waals surface area contributed by atoms with Crippen LogP contribution in [-0.2, 0) is 11.8 Å². The molecule has 0 atom stereocenters. The predicted octanol–water partition coefficient (Wildman–Crippen LogP) is 2.28. The van der Waals surface area contributed by atoms with Crippen LogP contribution in [0.2, 0.25) is 0 Å². The Kier molecular flexibility index (Phi) is 2.29. The summed E-state index contributed by atoms with van der Waals surface area (Å²) in [7, 11) is 1.94. The largest absolute Gasteiger partial charge is 0.478 e. The average Bonchev–Trinajstić information content (AvgIpc) is 2.54. The Bertz CT molecular complexity index is 538. The number of hydrogen-bond acceptors (Lipinski definition) is 1. The van der Waals surface area contributed by atoms with Crippen LogP contribution in [-0.4, -0.2) is 15.6 Å². The van der Waals surface area contributed by atoms with Gasteiger partial charge in [0, 0.05) is 35.8 Å². The van der Waals surface area contributed by atoms with Crippen LogP contribution in [0.15, 0.2) is 36.5 Å². The molecule has 3 nitrogen and oxygen atoms in total. The van der Waals surface area contributed by atoms with Gasteiger partial charge in [-0.2, -0.15) is 0 Å². The third-order valence-corrected chi connectivity index (χ3v) is 2.33. The van der Waals surface area contributed by atoms with Gasteiger partial charge in [-0.05, 0) is 12.1 Å². The molecule has 0 radical (unpaired) electrons. The molecule has 0 amide bonds. The minimum Gasteiger partial charge on any atom is -0.478 e. The van der Waals surface area contributed by atoms with Crippen LogP contribution in [0.25, 0.3) is 17.0 Å². The summed E-state index contributed by atoms with van der Waals surface area (Å²) < 4.78 is 1.98. The van der Waals surface area contributed by atoms with Crippen molar-refractivity contribution in [2.45, 2.75) is 0 Å². The van der Waals surface area contributed by atoms with E-state index in [4.69, 9.17) is 5.11 Å². The van der Waals surface area contributed by atoms with Gasteiger partial charge in [-0.1, -0.05) is 18.2 Å². The molecule has 0 unspecified atom stereocenters. The van der Waals surface area contributed by atoms with E-state index >= 15 is 0 Å². The van der Waals surface area contributed by atoms with Crippen molar-refractivity contribution in [3.63, 3.8) is 0 Å². The number of carboxylic acids is 1. The Morgan fingerprint density at radius 2 is 2.13 bits per heavy atom. The zero-order valence-corrected chi connectivity index (χ0v) is 8.34. The Labute approximate surface area is 87.3 Å². The molecule has 0 aliphatic heterocycles. The van der Waals surface area contributed by atoms with E-state index in [-0.39, 0.29) is 0 Å². The van der Waals surface area contributed by atoms with Crippen LogP contribution in [0, 0.1) is 0 Å². The van der Waals surface area contributed by atoms with Gasteiger partial charge >= 0.3 is 5.97 Å². The van der Waals surface area contributed by atoms with Gasteiger partial charge in [-0.25, -0.2) is 4.79 Å². The smallest absolute Gasteiger partial charge is 0.328 e. The molecule has 0 aliphatic carbocycles. The first-order valence-electron chi connectivity index (χ1n) is 4.63. The molecule has 0 aliphatic rings. The fraction of sp³-hybridized carbons (Fsp3) is 0.0833. The lowest BCUT2D eigenvalue weighted by molar-refractivity contribution is -0.131. The van der Waals surface area contributed by atoms with Crippen molar-refractivity contribution in [3.8, 4) is 0 Å². The van der Waals surface area contributed by atoms with Gasteiger partial charge in [0.15, 0.2) is 0 Å². The molecular weight excluding hydrogens is 190 g/mol. The summed E-state index contributed by atoms with van der Waals surface area (Å²) in [6, 6.07) is 7.90. The molecule has 0 bridgehead atoms. The molecule has 2 aromatic rings. The predicted molar refractivity (Wildman–Crippen MR) is 59.6 cm³/mol. The molecule has 1 aromatic heterocycles. The van der Waals surface area contributed by atoms with Gasteiger partial charge in [-0.3, -0.25) is 0 Å². The van der Waals surface area contributed by atoms with Crippen molar-refractivity contribution in [3.05, 3.63) is 42.1 Å². The lowest BCUT2D eigenvalue weighted by Crippen LogP contribution is -1.85. The second kappa shape index (κ2) is 3.61. The van der Waals surface area contributed by atoms with Crippen molar-refractivity contribution in [2.75, 3.05) is 0 Å². The molecule has 1 aromatic carbocycles. The number of rotatable bonds is 2. The molecule has 3 heteroatoms. The number of hydrogen-bond donors (Lipinski definition) is 1. The average molecular weight is 201 g/mol. The first kappa shape index (κ1) is 9.52. The van der Waals surface area contributed by atoms with E-state index in [1.54, 1.807) is 6.08 Å². The van der Waals surface area contributed by atoms with Crippen molar-refractivity contribution >= 4 is 22.9 Å². The SMILES string of the molecule is Cn1cc(/C=C\C(=O)O)c2ccccc21. The zero-order valence-electron chi connectivity index (χ0n) is 8.34. The minimum absolute atomic E-state index is 0.926. The standard InChI is InChI=1S/C12H11NO2/c1-13-8-9(6-7-12(14)15)10-4-2-3-5-11(10)13/h2-8H,1H3,(H,14,15)/b7-6-. The van der Waals surface area contributed by atoms with Crippen LogP contribution in [0.4, 0.5) is 0 Å². The maximum Gasteiger partial charge on any atom is 0.328 e. The monoisotopic (exact) mass is 201 g/mol. The Morgan fingerprint density at radius 1 is 1.40 bits per heavy atom. The highest BCUT2D eigenvalue weighted by Gasteiger charge is 2.02. The molecule has 2 rings (SSSR count). The Balaban J connectivity index is 2.57. The van der Waals surface area contributed by atoms with Gasteiger partial charge in [-0.15, -0.1) is 0 Å². The topological polar surface area (TPSA) is 42.2 Å². The van der Waals surface area contributed by atoms with Crippen LogP contribution in [0.3, 0.4) is 0 Å². The number of nitrogens with zero attached hydrogens (tertiary/aromatic N) is 1. The highest BCUT2D eigenvalue weighted by atomic mass is 16.4. The fourth-order valence-corrected chi connectivity index (χ4v) is 1.67. The Morgan fingerprint density at radius 3 is 2.87 bits per heavy atom. The van der Waals surface area contributed by atoms with E-state index in [2.05, 4.69) is 0 Å². The second-order valence-corrected chi connectivity index (χ2v) is 3.38. The highest BCUT2D eigenvalue weighted by molar-refractivity contribution is 5.93. The molecule has 15 heavy (non-hydrogen) atoms. The second-order valence-electron chi connectivity index (χ2n) is 3.38. The minimum atomic E-state index is -0.928. The first-order chi connectivity index (χ1) is 7.18. The van der Waals surface area contributed by atoms with Gasteiger partial charge in [0.05, 0.1) is 0 Å². The lowest BCUT2D eigenvalue weighted by Gasteiger charge is -1.92. The number of aliphatic carboxylic acids is 1. The van der Waals surface area contributed by atoms with Gasteiger partial charge < -0.3 is 9.67 Å². The molecular formula is C12H11NO2. The lowest BCUT2D eigenvalue weighted by atomic mass is 10.1. The van der Waals surface area contributed by atoms with Crippen LogP contribution >= 0.6 is 0 Å². The number of benzene rings is 1. The van der Waals surface area contributed by atoms with E-state index in [1.807, 2.05) is 42.1 Å². The fourth-order valence-electron chi connectivity index (χ4n) is 1.67. The molecule has 0 fully saturated rings. The summed E-state index contributed by atoms with van der Waals surface area (Å²) in [4.78, 5) is 10.4. The molecule has 0 saturated heterocycles. The maximum atomic E-state index is 10.4. The third-order valence-electron chi connectivity index (χ3n) is 2.33. The quantitative estimate of drug-likeness (QED) is 0.757. The molecule has 76 valence electrons. The molecule has 0 saturated carbocycles. The maximum absolute atomic E-state index is 10.4. The van der Waals surface area contributed by atoms with Crippen molar-refractivity contribution in [1.82, 2.24) is 4.57 Å². The van der Waals surface area contributed by atoms with Crippen molar-refractivity contribution in [1.29, 1.82) is 0 Å². The van der Waals surface area contributed by atoms with Crippen LogP contribution in [0.5, 0.6) is 0 Å². The van der Waals surface area contributed by atoms with E-state index < -0.39 is 5.97 Å². The molecule has 1 N–H and O–H groups in total. The summed E-state index contributed by atoms with van der Waals surface area (Å²) in [5, 5.41) is 9.63. The number of carbonyl (C=O) groups is 1. The Hall–Kier alpha value is -2.03. The number of fused-ring (bicyclic) bond motifs is 1. The van der Waals surface area contributed by atoms with E-state index in [0.29, 0.717) is 0 Å². The number of para-hydroxylation sites is 1. The van der Waals surface area contributed by atoms with Crippen molar-refractivity contribution < 1.29 is 9.90 Å². The van der Waals surface area contributed by atoms with Gasteiger partial charge in [0.25, 0.3) is 0 Å². The van der Waals surface area contributed by atoms with Crippen LogP contribution < -0.4 is 0 Å². The highest BCUT2D eigenvalue weighted by Crippen LogP contribution is 2.21. The van der Waals surface area contributed by atoms with E-state index in [1.165, 1.54) is 0 Å². The first-order valence-corrected chi connectivity index (χ1v) is 4.63. The van der Waals surface area contributed by atoms with Crippen LogP contribution in [0.1, 0.15) is 5.56 Å². The van der Waals surface area contributed by atoms with E-state index in [9.17, 15) is 4.79 Å². The summed E-state index contributed by atoms with van der Waals surface area (Å²) in [5.41, 5.74) is 2.03. The van der Waals surface area contributed by atoms with Gasteiger partial charge in [0.1, 0.15) is 0 Å². The summed E-state index contributed by atoms with van der Waals surface area (Å²) in [5.74, 6) is -0.928. The molecule has 0 spiro atoms. The van der Waals surface area contributed by atoms with E-state index in [0.717, 1.165) is 22.5 Å².